The van der Waals surface area contributed by atoms with Crippen LogP contribution in [-0.4, -0.2) is 25.8 Å². The zero-order valence-electron chi connectivity index (χ0n) is 16.1. The van der Waals surface area contributed by atoms with Gasteiger partial charge in [0.25, 0.3) is 0 Å². The minimum Gasteiger partial charge on any atom is -0.325 e. The van der Waals surface area contributed by atoms with E-state index < -0.39 is 0 Å². The van der Waals surface area contributed by atoms with E-state index in [1.54, 1.807) is 17.7 Å². The van der Waals surface area contributed by atoms with Gasteiger partial charge in [0.2, 0.25) is 5.91 Å². The lowest BCUT2D eigenvalue weighted by Crippen LogP contribution is -2.25. The molecule has 0 aliphatic rings. The van der Waals surface area contributed by atoms with Crippen LogP contribution in [0.15, 0.2) is 47.1 Å². The molecular formula is C21H22N4OS2. The van der Waals surface area contributed by atoms with Gasteiger partial charge in [-0.15, -0.1) is 21.5 Å². The fourth-order valence-electron chi connectivity index (χ4n) is 3.36. The number of carbonyl (C=O) groups is 1. The summed E-state index contributed by atoms with van der Waals surface area (Å²) in [4.78, 5) is 13.0. The number of amides is 1. The molecule has 0 radical (unpaired) electrons. The van der Waals surface area contributed by atoms with E-state index in [2.05, 4.69) is 46.0 Å². The van der Waals surface area contributed by atoms with Gasteiger partial charge in [-0.3, -0.25) is 9.20 Å². The molecule has 0 saturated carbocycles. The first-order valence-electron chi connectivity index (χ1n) is 9.38. The van der Waals surface area contributed by atoms with E-state index in [1.165, 1.54) is 16.5 Å². The normalized spacial score (nSPS) is 12.5. The van der Waals surface area contributed by atoms with Gasteiger partial charge in [0, 0.05) is 5.69 Å². The highest BCUT2D eigenvalue weighted by molar-refractivity contribution is 8.00. The molecule has 0 aliphatic heterocycles. The van der Waals surface area contributed by atoms with Crippen molar-refractivity contribution in [2.45, 2.75) is 43.9 Å². The predicted octanol–water partition coefficient (Wildman–Crippen LogP) is 5.32. The summed E-state index contributed by atoms with van der Waals surface area (Å²) < 4.78 is 3.24. The highest BCUT2D eigenvalue weighted by Crippen LogP contribution is 2.33. The average molecular weight is 411 g/mol. The van der Waals surface area contributed by atoms with E-state index in [0.29, 0.717) is 6.42 Å². The van der Waals surface area contributed by atoms with Crippen LogP contribution in [0, 0.1) is 6.92 Å². The standard InChI is InChI=1S/C21H22N4OS2/c1-4-14-8-6-7-13(3)19(14)23-20(26)17(5-2)28-21-16-11-18-15(9-10-27-18)25(16)12-22-24-21/h6-12,17H,4-5H2,1-3H3,(H,23,26)/t17-/m1/s1. The van der Waals surface area contributed by atoms with Gasteiger partial charge < -0.3 is 5.32 Å². The van der Waals surface area contributed by atoms with E-state index in [-0.39, 0.29) is 11.2 Å². The number of benzene rings is 1. The number of thioether (sulfide) groups is 1. The molecule has 0 bridgehead atoms. The van der Waals surface area contributed by atoms with Gasteiger partial charge in [-0.2, -0.15) is 0 Å². The topological polar surface area (TPSA) is 59.3 Å². The van der Waals surface area contributed by atoms with Crippen LogP contribution in [0.4, 0.5) is 5.69 Å². The van der Waals surface area contributed by atoms with Crippen molar-refractivity contribution in [3.63, 3.8) is 0 Å². The first-order chi connectivity index (χ1) is 13.6. The quantitative estimate of drug-likeness (QED) is 0.437. The summed E-state index contributed by atoms with van der Waals surface area (Å²) in [6.07, 6.45) is 3.32. The van der Waals surface area contributed by atoms with E-state index in [0.717, 1.165) is 39.3 Å². The fraction of sp³-hybridized carbons (Fsp3) is 0.286. The summed E-state index contributed by atoms with van der Waals surface area (Å²) in [6, 6.07) is 10.3. The second kappa shape index (κ2) is 7.93. The molecule has 3 heterocycles. The summed E-state index contributed by atoms with van der Waals surface area (Å²) in [6.45, 7) is 6.16. The maximum atomic E-state index is 13.0. The van der Waals surface area contributed by atoms with E-state index in [9.17, 15) is 4.79 Å². The van der Waals surface area contributed by atoms with Crippen LogP contribution in [0.2, 0.25) is 0 Å². The molecule has 0 aliphatic carbocycles. The molecule has 28 heavy (non-hydrogen) atoms. The second-order valence-electron chi connectivity index (χ2n) is 6.67. The van der Waals surface area contributed by atoms with Crippen molar-refractivity contribution in [3.05, 3.63) is 53.2 Å². The number of aryl methyl sites for hydroxylation is 2. The lowest BCUT2D eigenvalue weighted by Gasteiger charge is -2.18. The van der Waals surface area contributed by atoms with Gasteiger partial charge in [0.1, 0.15) is 11.4 Å². The molecule has 1 amide bonds. The number of thiophene rings is 1. The summed E-state index contributed by atoms with van der Waals surface area (Å²) in [7, 11) is 0. The Balaban J connectivity index is 1.61. The number of carbonyl (C=O) groups excluding carboxylic acids is 1. The van der Waals surface area contributed by atoms with Gasteiger partial charge in [-0.05, 0) is 48.4 Å². The number of nitrogens with zero attached hydrogens (tertiary/aromatic N) is 3. The number of aromatic nitrogens is 3. The van der Waals surface area contributed by atoms with Crippen LogP contribution < -0.4 is 5.32 Å². The largest absolute Gasteiger partial charge is 0.325 e. The van der Waals surface area contributed by atoms with Gasteiger partial charge in [0.15, 0.2) is 0 Å². The van der Waals surface area contributed by atoms with Gasteiger partial charge >= 0.3 is 0 Å². The average Bonchev–Trinajstić information content (AvgIpc) is 3.29. The van der Waals surface area contributed by atoms with E-state index in [4.69, 9.17) is 0 Å². The third kappa shape index (κ3) is 3.40. The lowest BCUT2D eigenvalue weighted by atomic mass is 10.1. The van der Waals surface area contributed by atoms with Crippen molar-refractivity contribution in [1.82, 2.24) is 14.6 Å². The Kier molecular flexibility index (Phi) is 5.37. The summed E-state index contributed by atoms with van der Waals surface area (Å²) in [5.41, 5.74) is 5.30. The Morgan fingerprint density at radius 3 is 2.93 bits per heavy atom. The molecule has 144 valence electrons. The first-order valence-corrected chi connectivity index (χ1v) is 11.1. The molecule has 0 saturated heterocycles. The molecule has 7 heteroatoms. The molecule has 3 aromatic heterocycles. The molecule has 1 aromatic carbocycles. The highest BCUT2D eigenvalue weighted by atomic mass is 32.2. The predicted molar refractivity (Wildman–Crippen MR) is 117 cm³/mol. The van der Waals surface area contributed by atoms with Crippen LogP contribution in [0.25, 0.3) is 15.7 Å². The van der Waals surface area contributed by atoms with Gasteiger partial charge in [-0.25, -0.2) is 0 Å². The van der Waals surface area contributed by atoms with Crippen LogP contribution in [0.5, 0.6) is 0 Å². The maximum absolute atomic E-state index is 13.0. The Hall–Kier alpha value is -2.38. The monoisotopic (exact) mass is 410 g/mol. The van der Waals surface area contributed by atoms with E-state index in [1.807, 2.05) is 30.4 Å². The van der Waals surface area contributed by atoms with Crippen molar-refractivity contribution in [2.75, 3.05) is 5.32 Å². The first kappa shape index (κ1) is 19.0. The van der Waals surface area contributed by atoms with Crippen molar-refractivity contribution < 1.29 is 4.79 Å². The zero-order valence-corrected chi connectivity index (χ0v) is 17.7. The number of hydrogen-bond donors (Lipinski definition) is 1. The second-order valence-corrected chi connectivity index (χ2v) is 8.81. The summed E-state index contributed by atoms with van der Waals surface area (Å²) in [5.74, 6) is 0.00803. The molecule has 5 nitrogen and oxygen atoms in total. The van der Waals surface area contributed by atoms with E-state index >= 15 is 0 Å². The fourth-order valence-corrected chi connectivity index (χ4v) is 5.15. The number of rotatable bonds is 6. The smallest absolute Gasteiger partial charge is 0.237 e. The Labute approximate surface area is 172 Å². The third-order valence-electron chi connectivity index (χ3n) is 4.90. The highest BCUT2D eigenvalue weighted by Gasteiger charge is 2.22. The van der Waals surface area contributed by atoms with Crippen LogP contribution in [0.1, 0.15) is 31.4 Å². The molecule has 0 unspecified atom stereocenters. The molecule has 0 fully saturated rings. The van der Waals surface area contributed by atoms with Crippen molar-refractivity contribution >= 4 is 50.4 Å². The molecule has 4 rings (SSSR count). The SMILES string of the molecule is CCc1cccc(C)c1NC(=O)[C@@H](CC)Sc1nncn2c1cc1sccc12. The van der Waals surface area contributed by atoms with Crippen molar-refractivity contribution in [2.24, 2.45) is 0 Å². The van der Waals surface area contributed by atoms with Gasteiger partial charge in [0.05, 0.1) is 21.0 Å². The number of para-hydroxylation sites is 1. The Bertz CT molecular complexity index is 1150. The van der Waals surface area contributed by atoms with Crippen LogP contribution in [-0.2, 0) is 11.2 Å². The minimum atomic E-state index is -0.238. The molecule has 4 aromatic rings. The third-order valence-corrected chi connectivity index (χ3v) is 7.10. The van der Waals surface area contributed by atoms with Gasteiger partial charge in [-0.1, -0.05) is 43.8 Å². The Morgan fingerprint density at radius 2 is 2.14 bits per heavy atom. The molecular weight excluding hydrogens is 388 g/mol. The summed E-state index contributed by atoms with van der Waals surface area (Å²) >= 11 is 3.18. The number of nitrogens with one attached hydrogen (secondary N) is 1. The minimum absolute atomic E-state index is 0.00803. The molecule has 1 atom stereocenters. The van der Waals surface area contributed by atoms with Crippen LogP contribution >= 0.6 is 23.1 Å². The number of hydrogen-bond acceptors (Lipinski definition) is 5. The van der Waals surface area contributed by atoms with Crippen molar-refractivity contribution in [3.8, 4) is 0 Å². The molecule has 0 spiro atoms. The lowest BCUT2D eigenvalue weighted by molar-refractivity contribution is -0.115. The van der Waals surface area contributed by atoms with Crippen LogP contribution in [0.3, 0.4) is 0 Å². The Morgan fingerprint density at radius 1 is 1.29 bits per heavy atom. The van der Waals surface area contributed by atoms with Crippen molar-refractivity contribution in [1.29, 1.82) is 0 Å². The zero-order chi connectivity index (χ0) is 19.7. The number of fused-ring (bicyclic) bond motifs is 3. The maximum Gasteiger partial charge on any atom is 0.237 e. The molecule has 1 N–H and O–H groups in total. The summed E-state index contributed by atoms with van der Waals surface area (Å²) in [5, 5.41) is 14.3. The number of anilines is 1.